The Morgan fingerprint density at radius 1 is 1.40 bits per heavy atom. The van der Waals surface area contributed by atoms with Gasteiger partial charge in [0.15, 0.2) is 8.68 Å². The molecule has 0 aliphatic carbocycles. The molecule has 0 spiro atoms. The molecular formula is C9H14N2OS3. The molecule has 2 rings (SSSR count). The fourth-order valence-corrected chi connectivity index (χ4v) is 3.97. The minimum atomic E-state index is 0.422. The van der Waals surface area contributed by atoms with Crippen LogP contribution < -0.4 is 0 Å². The predicted molar refractivity (Wildman–Crippen MR) is 66.0 cm³/mol. The summed E-state index contributed by atoms with van der Waals surface area (Å²) in [6.07, 6.45) is 6.17. The first kappa shape index (κ1) is 11.7. The van der Waals surface area contributed by atoms with Crippen molar-refractivity contribution < 1.29 is 4.74 Å². The maximum absolute atomic E-state index is 5.66. The van der Waals surface area contributed by atoms with Crippen molar-refractivity contribution in [2.24, 2.45) is 0 Å². The highest BCUT2D eigenvalue weighted by atomic mass is 32.2. The van der Waals surface area contributed by atoms with E-state index >= 15 is 0 Å². The molecule has 15 heavy (non-hydrogen) atoms. The highest BCUT2D eigenvalue weighted by Crippen LogP contribution is 2.29. The Morgan fingerprint density at radius 2 is 2.27 bits per heavy atom. The lowest BCUT2D eigenvalue weighted by Gasteiger charge is -2.21. The molecule has 6 heteroatoms. The molecule has 0 saturated carbocycles. The Labute approximate surface area is 102 Å². The molecule has 1 atom stereocenters. The van der Waals surface area contributed by atoms with Gasteiger partial charge in [-0.15, -0.1) is 10.2 Å². The zero-order valence-corrected chi connectivity index (χ0v) is 11.1. The molecule has 1 saturated heterocycles. The van der Waals surface area contributed by atoms with Crippen molar-refractivity contribution in [2.45, 2.75) is 34.0 Å². The number of rotatable bonds is 4. The Bertz CT molecular complexity index is 299. The van der Waals surface area contributed by atoms with Crippen molar-refractivity contribution in [1.29, 1.82) is 0 Å². The first-order valence-corrected chi connectivity index (χ1v) is 8.03. The van der Waals surface area contributed by atoms with E-state index in [0.29, 0.717) is 6.10 Å². The van der Waals surface area contributed by atoms with Crippen LogP contribution in [0.15, 0.2) is 8.68 Å². The molecule has 0 N–H and O–H groups in total. The molecule has 1 aliphatic heterocycles. The third kappa shape index (κ3) is 3.62. The molecule has 3 nitrogen and oxygen atoms in total. The third-order valence-corrected chi connectivity index (χ3v) is 5.39. The summed E-state index contributed by atoms with van der Waals surface area (Å²) in [6.45, 7) is 0.928. The third-order valence-electron chi connectivity index (χ3n) is 2.23. The monoisotopic (exact) mass is 262 g/mol. The van der Waals surface area contributed by atoms with E-state index in [0.717, 1.165) is 21.0 Å². The van der Waals surface area contributed by atoms with Crippen LogP contribution in [0.25, 0.3) is 0 Å². The van der Waals surface area contributed by atoms with E-state index in [9.17, 15) is 0 Å². The lowest BCUT2D eigenvalue weighted by molar-refractivity contribution is 0.0315. The van der Waals surface area contributed by atoms with Gasteiger partial charge in [0.25, 0.3) is 0 Å². The second-order valence-electron chi connectivity index (χ2n) is 3.34. The maximum Gasteiger partial charge on any atom is 0.175 e. The summed E-state index contributed by atoms with van der Waals surface area (Å²) in [4.78, 5) is 0. The summed E-state index contributed by atoms with van der Waals surface area (Å²) in [7, 11) is 0. The topological polar surface area (TPSA) is 35.0 Å². The Hall–Kier alpha value is 0.220. The van der Waals surface area contributed by atoms with E-state index in [1.807, 2.05) is 6.26 Å². The molecule has 0 bridgehead atoms. The highest BCUT2D eigenvalue weighted by Gasteiger charge is 2.15. The van der Waals surface area contributed by atoms with E-state index in [2.05, 4.69) is 10.2 Å². The van der Waals surface area contributed by atoms with Crippen LogP contribution in [0.4, 0.5) is 0 Å². The van der Waals surface area contributed by atoms with Gasteiger partial charge in [-0.3, -0.25) is 0 Å². The van der Waals surface area contributed by atoms with Crippen molar-refractivity contribution in [3.05, 3.63) is 0 Å². The van der Waals surface area contributed by atoms with Crippen LogP contribution in [0, 0.1) is 0 Å². The van der Waals surface area contributed by atoms with Gasteiger partial charge in [0.2, 0.25) is 0 Å². The molecule has 0 aromatic carbocycles. The standard InChI is InChI=1S/C9H14N2OS3/c1-13-8-10-11-9(15-8)14-6-7-4-2-3-5-12-7/h7H,2-6H2,1H3/t7-/m1/s1. The Morgan fingerprint density at radius 3 is 2.93 bits per heavy atom. The SMILES string of the molecule is CSc1nnc(SC[C@H]2CCCCO2)s1. The van der Waals surface area contributed by atoms with Crippen molar-refractivity contribution in [2.75, 3.05) is 18.6 Å². The number of thioether (sulfide) groups is 2. The normalized spacial score (nSPS) is 21.8. The van der Waals surface area contributed by atoms with Crippen LogP contribution >= 0.6 is 34.9 Å². The predicted octanol–water partition coefficient (Wildman–Crippen LogP) is 2.92. The van der Waals surface area contributed by atoms with Crippen LogP contribution in [0.5, 0.6) is 0 Å². The van der Waals surface area contributed by atoms with Crippen LogP contribution in [-0.2, 0) is 4.74 Å². The minimum absolute atomic E-state index is 0.422. The molecule has 0 amide bonds. The van der Waals surface area contributed by atoms with Crippen molar-refractivity contribution in [1.82, 2.24) is 10.2 Å². The van der Waals surface area contributed by atoms with Crippen molar-refractivity contribution >= 4 is 34.9 Å². The van der Waals surface area contributed by atoms with Crippen molar-refractivity contribution in [3.8, 4) is 0 Å². The van der Waals surface area contributed by atoms with Gasteiger partial charge < -0.3 is 4.74 Å². The molecule has 0 radical (unpaired) electrons. The van der Waals surface area contributed by atoms with Crippen LogP contribution in [0.1, 0.15) is 19.3 Å². The highest BCUT2D eigenvalue weighted by molar-refractivity contribution is 8.02. The van der Waals surface area contributed by atoms with E-state index in [1.165, 1.54) is 19.3 Å². The molecular weight excluding hydrogens is 248 g/mol. The summed E-state index contributed by atoms with van der Waals surface area (Å²) in [5, 5.41) is 8.19. The summed E-state index contributed by atoms with van der Waals surface area (Å²) >= 11 is 5.09. The number of nitrogens with zero attached hydrogens (tertiary/aromatic N) is 2. The molecule has 2 heterocycles. The Balaban J connectivity index is 1.76. The summed E-state index contributed by atoms with van der Waals surface area (Å²) in [5.41, 5.74) is 0. The number of ether oxygens (including phenoxy) is 1. The molecule has 1 fully saturated rings. The Kier molecular flexibility index (Phi) is 4.74. The van der Waals surface area contributed by atoms with Crippen molar-refractivity contribution in [3.63, 3.8) is 0 Å². The van der Waals surface area contributed by atoms with Gasteiger partial charge in [0, 0.05) is 12.4 Å². The van der Waals surface area contributed by atoms with E-state index in [1.54, 1.807) is 34.9 Å². The van der Waals surface area contributed by atoms with Crippen LogP contribution in [0.3, 0.4) is 0 Å². The molecule has 1 aromatic heterocycles. The van der Waals surface area contributed by atoms with Gasteiger partial charge >= 0.3 is 0 Å². The van der Waals surface area contributed by atoms with Gasteiger partial charge in [0.05, 0.1) is 6.10 Å². The first-order chi connectivity index (χ1) is 7.38. The summed E-state index contributed by atoms with van der Waals surface area (Å²) in [6, 6.07) is 0. The lowest BCUT2D eigenvalue weighted by Crippen LogP contribution is -2.21. The van der Waals surface area contributed by atoms with Gasteiger partial charge in [-0.05, 0) is 25.5 Å². The quantitative estimate of drug-likeness (QED) is 0.780. The average Bonchev–Trinajstić information content (AvgIpc) is 2.76. The van der Waals surface area contributed by atoms with Gasteiger partial charge in [0.1, 0.15) is 0 Å². The molecule has 0 unspecified atom stereocenters. The minimum Gasteiger partial charge on any atom is -0.377 e. The number of aromatic nitrogens is 2. The fraction of sp³-hybridized carbons (Fsp3) is 0.778. The second-order valence-corrected chi connectivity index (χ2v) is 6.64. The first-order valence-electron chi connectivity index (χ1n) is 5.00. The van der Waals surface area contributed by atoms with E-state index < -0.39 is 0 Å². The largest absolute Gasteiger partial charge is 0.377 e. The average molecular weight is 262 g/mol. The van der Waals surface area contributed by atoms with Gasteiger partial charge in [-0.1, -0.05) is 34.9 Å². The molecule has 1 aromatic rings. The molecule has 1 aliphatic rings. The number of hydrogen-bond donors (Lipinski definition) is 0. The maximum atomic E-state index is 5.66. The van der Waals surface area contributed by atoms with Crippen LogP contribution in [-0.4, -0.2) is 34.9 Å². The van der Waals surface area contributed by atoms with Gasteiger partial charge in [-0.25, -0.2) is 0 Å². The summed E-state index contributed by atoms with van der Waals surface area (Å²) in [5.74, 6) is 1.02. The number of hydrogen-bond acceptors (Lipinski definition) is 6. The van der Waals surface area contributed by atoms with Crippen LogP contribution in [0.2, 0.25) is 0 Å². The lowest BCUT2D eigenvalue weighted by atomic mass is 10.1. The second kappa shape index (κ2) is 6.08. The van der Waals surface area contributed by atoms with Gasteiger partial charge in [-0.2, -0.15) is 0 Å². The zero-order chi connectivity index (χ0) is 10.5. The smallest absolute Gasteiger partial charge is 0.175 e. The van der Waals surface area contributed by atoms with E-state index in [-0.39, 0.29) is 0 Å². The fourth-order valence-electron chi connectivity index (χ4n) is 1.44. The summed E-state index contributed by atoms with van der Waals surface area (Å²) < 4.78 is 7.77. The van der Waals surface area contributed by atoms with E-state index in [4.69, 9.17) is 4.74 Å². The zero-order valence-electron chi connectivity index (χ0n) is 8.64. The molecule has 84 valence electrons.